The van der Waals surface area contributed by atoms with Gasteiger partial charge in [-0.25, -0.2) is 4.99 Å². The van der Waals surface area contributed by atoms with Crippen molar-refractivity contribution in [1.82, 2.24) is 5.32 Å². The van der Waals surface area contributed by atoms with E-state index in [2.05, 4.69) is 58.1 Å². The number of nitrogens with zero attached hydrogens (tertiary/aromatic N) is 1. The van der Waals surface area contributed by atoms with E-state index in [9.17, 15) is 0 Å². The predicted octanol–water partition coefficient (Wildman–Crippen LogP) is 6.33. The van der Waals surface area contributed by atoms with Gasteiger partial charge >= 0.3 is 0 Å². The zero-order valence-electron chi connectivity index (χ0n) is 18.9. The van der Waals surface area contributed by atoms with Crippen molar-refractivity contribution in [2.24, 2.45) is 10.7 Å². The molecule has 34 heavy (non-hydrogen) atoms. The summed E-state index contributed by atoms with van der Waals surface area (Å²) in [6, 6.07) is 24.8. The highest BCUT2D eigenvalue weighted by molar-refractivity contribution is 7.99. The summed E-state index contributed by atoms with van der Waals surface area (Å²) in [6.07, 6.45) is 0.927. The molecule has 4 aromatic rings. The average molecular weight is 487 g/mol. The van der Waals surface area contributed by atoms with E-state index in [1.54, 1.807) is 30.2 Å². The predicted molar refractivity (Wildman–Crippen MR) is 143 cm³/mol. The lowest BCUT2D eigenvalue weighted by molar-refractivity contribution is 0.406. The second-order valence-electron chi connectivity index (χ2n) is 7.91. The summed E-state index contributed by atoms with van der Waals surface area (Å²) in [5.41, 5.74) is 11.7. The Morgan fingerprint density at radius 3 is 2.65 bits per heavy atom. The smallest absolute Gasteiger partial charge is 0.141 e. The minimum Gasteiger partial charge on any atom is -0.496 e. The van der Waals surface area contributed by atoms with Crippen molar-refractivity contribution < 1.29 is 4.74 Å². The number of aliphatic imine (C=N–C) groups is 1. The van der Waals surface area contributed by atoms with Crippen LogP contribution in [0.2, 0.25) is 0 Å². The molecule has 1 aromatic heterocycles. The zero-order valence-corrected chi connectivity index (χ0v) is 20.5. The number of fused-ring (bicyclic) bond motifs is 2. The molecule has 1 aliphatic rings. The summed E-state index contributed by atoms with van der Waals surface area (Å²) in [5, 5.41) is 9.15. The highest BCUT2D eigenvalue weighted by atomic mass is 32.2. The third-order valence-corrected chi connectivity index (χ3v) is 7.80. The number of ether oxygens (including phenoxy) is 1. The molecule has 0 aliphatic carbocycles. The average Bonchev–Trinajstić information content (AvgIpc) is 3.42. The molecule has 0 radical (unpaired) electrons. The number of nitrogens with one attached hydrogen (secondary N) is 2. The number of nitrogens with two attached hydrogens (primary N) is 1. The number of benzene rings is 3. The van der Waals surface area contributed by atoms with Gasteiger partial charge in [0.15, 0.2) is 0 Å². The van der Waals surface area contributed by atoms with Crippen LogP contribution >= 0.6 is 23.1 Å². The second kappa shape index (κ2) is 10.3. The molecule has 3 aromatic carbocycles. The van der Waals surface area contributed by atoms with Crippen molar-refractivity contribution in [3.05, 3.63) is 94.2 Å². The van der Waals surface area contributed by atoms with Gasteiger partial charge in [0.05, 0.1) is 29.0 Å². The maximum Gasteiger partial charge on any atom is 0.141 e. The SMILES string of the molecule is COc1ccc2c(c1CNCCc1ccc(N=C(N)c3cccs3)cc1)Sc1ccccc1N2. The normalized spacial score (nSPS) is 12.6. The van der Waals surface area contributed by atoms with Crippen molar-refractivity contribution >= 4 is 46.0 Å². The lowest BCUT2D eigenvalue weighted by atomic mass is 10.1. The standard InChI is InChI=1S/C27H26N4OS2/c1-32-23-13-12-22-26(34-24-6-3-2-5-21(24)31-22)20(23)17-29-15-14-18-8-10-19(11-9-18)30-27(28)25-7-4-16-33-25/h2-13,16,29,31H,14-15,17H2,1H3,(H2,28,30). The van der Waals surface area contributed by atoms with Gasteiger partial charge in [0.2, 0.25) is 0 Å². The molecule has 172 valence electrons. The van der Waals surface area contributed by atoms with Crippen molar-refractivity contribution in [2.75, 3.05) is 19.0 Å². The number of methoxy groups -OCH3 is 1. The van der Waals surface area contributed by atoms with Gasteiger partial charge in [0.1, 0.15) is 11.6 Å². The Morgan fingerprint density at radius 2 is 1.85 bits per heavy atom. The molecule has 2 heterocycles. The van der Waals surface area contributed by atoms with Crippen LogP contribution in [0.5, 0.6) is 5.75 Å². The number of para-hydroxylation sites is 1. The van der Waals surface area contributed by atoms with Gasteiger partial charge in [0.25, 0.3) is 0 Å². The molecule has 0 saturated heterocycles. The monoisotopic (exact) mass is 486 g/mol. The van der Waals surface area contributed by atoms with Gasteiger partial charge in [-0.1, -0.05) is 42.1 Å². The van der Waals surface area contributed by atoms with Gasteiger partial charge in [0, 0.05) is 21.9 Å². The van der Waals surface area contributed by atoms with Crippen LogP contribution in [0.4, 0.5) is 17.1 Å². The molecule has 5 rings (SSSR count). The zero-order chi connectivity index (χ0) is 23.3. The molecular weight excluding hydrogens is 460 g/mol. The molecule has 0 spiro atoms. The molecule has 1 aliphatic heterocycles. The van der Waals surface area contributed by atoms with E-state index >= 15 is 0 Å². The van der Waals surface area contributed by atoms with Gasteiger partial charge in [-0.3, -0.25) is 0 Å². The Labute approximate surface area is 208 Å². The van der Waals surface area contributed by atoms with E-state index in [4.69, 9.17) is 10.5 Å². The number of hydrogen-bond donors (Lipinski definition) is 3. The molecule has 5 nitrogen and oxygen atoms in total. The molecule has 7 heteroatoms. The lowest BCUT2D eigenvalue weighted by Gasteiger charge is -2.24. The Hall–Kier alpha value is -3.26. The maximum absolute atomic E-state index is 6.10. The van der Waals surface area contributed by atoms with E-state index in [1.165, 1.54) is 20.9 Å². The van der Waals surface area contributed by atoms with E-state index in [0.29, 0.717) is 5.84 Å². The van der Waals surface area contributed by atoms with Crippen LogP contribution in [-0.4, -0.2) is 19.5 Å². The first-order valence-corrected chi connectivity index (χ1v) is 12.8. The molecule has 4 N–H and O–H groups in total. The fraction of sp³-hybridized carbons (Fsp3) is 0.148. The van der Waals surface area contributed by atoms with Crippen LogP contribution in [0.15, 0.2) is 93.0 Å². The van der Waals surface area contributed by atoms with Gasteiger partial charge < -0.3 is 21.1 Å². The topological polar surface area (TPSA) is 71.7 Å². The van der Waals surface area contributed by atoms with Crippen molar-refractivity contribution in [3.8, 4) is 5.75 Å². The number of amidine groups is 1. The molecule has 0 amide bonds. The van der Waals surface area contributed by atoms with Crippen molar-refractivity contribution in [2.45, 2.75) is 22.8 Å². The van der Waals surface area contributed by atoms with Crippen molar-refractivity contribution in [3.63, 3.8) is 0 Å². The Bertz CT molecular complexity index is 1300. The third kappa shape index (κ3) is 4.97. The fourth-order valence-corrected chi connectivity index (χ4v) is 5.65. The van der Waals surface area contributed by atoms with Crippen LogP contribution in [0.3, 0.4) is 0 Å². The van der Waals surface area contributed by atoms with Crippen LogP contribution in [0, 0.1) is 0 Å². The van der Waals surface area contributed by atoms with Gasteiger partial charge in [-0.15, -0.1) is 11.3 Å². The molecule has 0 bridgehead atoms. The fourth-order valence-electron chi connectivity index (χ4n) is 3.90. The van der Waals surface area contributed by atoms with Gasteiger partial charge in [-0.05, 0) is 66.4 Å². The Morgan fingerprint density at radius 1 is 1.00 bits per heavy atom. The minimum absolute atomic E-state index is 0.555. The van der Waals surface area contributed by atoms with Crippen molar-refractivity contribution in [1.29, 1.82) is 0 Å². The Balaban J connectivity index is 1.21. The molecule has 0 fully saturated rings. The first-order valence-electron chi connectivity index (χ1n) is 11.1. The highest BCUT2D eigenvalue weighted by Gasteiger charge is 2.21. The maximum atomic E-state index is 6.10. The van der Waals surface area contributed by atoms with Gasteiger partial charge in [-0.2, -0.15) is 0 Å². The summed E-state index contributed by atoms with van der Waals surface area (Å²) in [5.74, 6) is 1.46. The van der Waals surface area contributed by atoms with E-state index in [0.717, 1.165) is 47.2 Å². The van der Waals surface area contributed by atoms with Crippen LogP contribution in [-0.2, 0) is 13.0 Å². The van der Waals surface area contributed by atoms with E-state index in [-0.39, 0.29) is 0 Å². The quantitative estimate of drug-likeness (QED) is 0.136. The summed E-state index contributed by atoms with van der Waals surface area (Å²) < 4.78 is 5.68. The summed E-state index contributed by atoms with van der Waals surface area (Å²) in [6.45, 7) is 1.60. The van der Waals surface area contributed by atoms with Crippen LogP contribution in [0.1, 0.15) is 16.0 Å². The summed E-state index contributed by atoms with van der Waals surface area (Å²) in [7, 11) is 1.73. The minimum atomic E-state index is 0.555. The molecule has 0 saturated carbocycles. The summed E-state index contributed by atoms with van der Waals surface area (Å²) >= 11 is 3.39. The summed E-state index contributed by atoms with van der Waals surface area (Å²) in [4.78, 5) is 7.96. The second-order valence-corrected chi connectivity index (χ2v) is 9.91. The van der Waals surface area contributed by atoms with Crippen LogP contribution in [0.25, 0.3) is 0 Å². The van der Waals surface area contributed by atoms with E-state index in [1.807, 2.05) is 35.7 Å². The number of rotatable bonds is 8. The largest absolute Gasteiger partial charge is 0.496 e. The molecule has 0 unspecified atom stereocenters. The van der Waals surface area contributed by atoms with Crippen LogP contribution < -0.4 is 21.1 Å². The first kappa shape index (κ1) is 22.5. The number of thiophene rings is 1. The third-order valence-electron chi connectivity index (χ3n) is 5.66. The molecular formula is C27H26N4OS2. The highest BCUT2D eigenvalue weighted by Crippen LogP contribution is 2.47. The molecule has 0 atom stereocenters. The number of hydrogen-bond acceptors (Lipinski definition) is 6. The Kier molecular flexibility index (Phi) is 6.85. The first-order chi connectivity index (χ1) is 16.7. The number of anilines is 2. The van der Waals surface area contributed by atoms with E-state index < -0.39 is 0 Å². The lowest BCUT2D eigenvalue weighted by Crippen LogP contribution is -2.18.